The highest BCUT2D eigenvalue weighted by atomic mass is 32.2. The van der Waals surface area contributed by atoms with Crippen LogP contribution in [-0.4, -0.2) is 72.7 Å². The normalized spacial score (nSPS) is 13.8. The van der Waals surface area contributed by atoms with Gasteiger partial charge in [-0.25, -0.2) is 4.39 Å². The number of allylic oxidation sites excluding steroid dienone is 5. The lowest BCUT2D eigenvalue weighted by Crippen LogP contribution is -2.34. The van der Waals surface area contributed by atoms with Crippen LogP contribution in [0.15, 0.2) is 63.8 Å². The molecule has 0 radical (unpaired) electrons. The number of thioether (sulfide) groups is 1. The molecule has 1 amide bonds. The molecule has 0 fully saturated rings. The van der Waals surface area contributed by atoms with Gasteiger partial charge in [0.05, 0.1) is 11.9 Å². The maximum Gasteiger partial charge on any atom is 0.250 e. The first-order valence-corrected chi connectivity index (χ1v) is 15.3. The minimum atomic E-state index is -0.420. The molecular formula is C32H43FN4O2S. The predicted octanol–water partition coefficient (Wildman–Crippen LogP) is 6.80. The van der Waals surface area contributed by atoms with Crippen molar-refractivity contribution in [1.82, 2.24) is 9.91 Å². The lowest BCUT2D eigenvalue weighted by Gasteiger charge is -2.22. The van der Waals surface area contributed by atoms with Crippen LogP contribution in [0.25, 0.3) is 6.08 Å². The number of nitrogens with zero attached hydrogens (tertiary/aromatic N) is 4. The molecule has 1 aromatic carbocycles. The van der Waals surface area contributed by atoms with E-state index in [0.29, 0.717) is 53.9 Å². The van der Waals surface area contributed by atoms with Crippen LogP contribution in [0.1, 0.15) is 57.6 Å². The SMILES string of the molecule is C=CC(/C=N\N(C)CCCSC)=C(C=O)\C=C/Cc1cc(F)c2c(c1)N=C(C)CC(C(=O)N(CCC)CCC)=C2. The maximum absolute atomic E-state index is 15.3. The molecule has 1 heterocycles. The number of fused-ring (bicyclic) bond motifs is 1. The monoisotopic (exact) mass is 566 g/mol. The molecule has 8 heteroatoms. The first-order chi connectivity index (χ1) is 19.3. The van der Waals surface area contributed by atoms with Crippen molar-refractivity contribution in [3.05, 3.63) is 70.6 Å². The molecule has 1 aliphatic heterocycles. The van der Waals surface area contributed by atoms with Gasteiger partial charge < -0.3 is 9.91 Å². The number of amides is 1. The fourth-order valence-electron chi connectivity index (χ4n) is 4.38. The Bertz CT molecular complexity index is 1190. The molecule has 0 aliphatic carbocycles. The second kappa shape index (κ2) is 17.4. The summed E-state index contributed by atoms with van der Waals surface area (Å²) in [4.78, 5) is 31.5. The maximum atomic E-state index is 15.3. The van der Waals surface area contributed by atoms with Crippen LogP contribution in [0, 0.1) is 5.82 Å². The summed E-state index contributed by atoms with van der Waals surface area (Å²) in [6, 6.07) is 3.31. The fraction of sp³-hybridized carbons (Fsp3) is 0.438. The standard InChI is InChI=1S/C32H43FN4O2S/c1-7-14-37(15-8-2)32(39)28-18-24(4)35-31-20-25(19-30(33)29(31)21-28)12-10-13-27(23-38)26(9-3)22-34-36(5)16-11-17-40-6/h9-10,13,19-23H,3,7-8,11-12,14-18H2,1-2,4-6H3/b13-10-,27-26-,34-22-. The van der Waals surface area contributed by atoms with E-state index in [0.717, 1.165) is 49.1 Å². The van der Waals surface area contributed by atoms with Crippen molar-refractivity contribution in [2.24, 2.45) is 10.1 Å². The Hall–Kier alpha value is -3.26. The molecule has 0 atom stereocenters. The Morgan fingerprint density at radius 2 is 1.93 bits per heavy atom. The van der Waals surface area contributed by atoms with Crippen molar-refractivity contribution in [2.45, 2.75) is 52.9 Å². The minimum Gasteiger partial charge on any atom is -0.339 e. The van der Waals surface area contributed by atoms with Gasteiger partial charge in [-0.3, -0.25) is 14.6 Å². The summed E-state index contributed by atoms with van der Waals surface area (Å²) in [5, 5.41) is 6.25. The molecule has 1 aromatic rings. The Morgan fingerprint density at radius 1 is 1.20 bits per heavy atom. The van der Waals surface area contributed by atoms with E-state index in [1.165, 1.54) is 6.07 Å². The number of aldehydes is 1. The molecular weight excluding hydrogens is 523 g/mol. The third-order valence-electron chi connectivity index (χ3n) is 6.35. The number of hydrazone groups is 1. The third kappa shape index (κ3) is 10.0. The Labute approximate surface area is 243 Å². The van der Waals surface area contributed by atoms with Crippen molar-refractivity contribution in [3.63, 3.8) is 0 Å². The van der Waals surface area contributed by atoms with Crippen LogP contribution in [0.5, 0.6) is 0 Å². The molecule has 0 saturated heterocycles. The molecule has 216 valence electrons. The van der Waals surface area contributed by atoms with E-state index in [1.54, 1.807) is 36.2 Å². The Kier molecular flexibility index (Phi) is 14.4. The Morgan fingerprint density at radius 3 is 2.55 bits per heavy atom. The van der Waals surface area contributed by atoms with Gasteiger partial charge in [0.2, 0.25) is 5.91 Å². The molecule has 0 unspecified atom stereocenters. The lowest BCUT2D eigenvalue weighted by atomic mass is 10.0. The third-order valence-corrected chi connectivity index (χ3v) is 7.04. The van der Waals surface area contributed by atoms with Gasteiger partial charge in [-0.15, -0.1) is 0 Å². The van der Waals surface area contributed by atoms with Crippen molar-refractivity contribution in [1.29, 1.82) is 0 Å². The van der Waals surface area contributed by atoms with E-state index in [4.69, 9.17) is 0 Å². The van der Waals surface area contributed by atoms with E-state index in [1.807, 2.05) is 49.9 Å². The van der Waals surface area contributed by atoms with Crippen LogP contribution in [0.3, 0.4) is 0 Å². The van der Waals surface area contributed by atoms with Gasteiger partial charge in [-0.05, 0) is 68.4 Å². The van der Waals surface area contributed by atoms with E-state index in [2.05, 4.69) is 22.9 Å². The summed E-state index contributed by atoms with van der Waals surface area (Å²) in [5.74, 6) is 0.585. The van der Waals surface area contributed by atoms with Gasteiger partial charge in [-0.1, -0.05) is 38.7 Å². The Balaban J connectivity index is 2.27. The summed E-state index contributed by atoms with van der Waals surface area (Å²) in [6.07, 6.45) is 14.8. The second-order valence-electron chi connectivity index (χ2n) is 9.81. The van der Waals surface area contributed by atoms with Crippen molar-refractivity contribution in [3.8, 4) is 0 Å². The van der Waals surface area contributed by atoms with E-state index >= 15 is 4.39 Å². The summed E-state index contributed by atoms with van der Waals surface area (Å²) >= 11 is 1.79. The molecule has 2 rings (SSSR count). The van der Waals surface area contributed by atoms with Crippen molar-refractivity contribution < 1.29 is 14.0 Å². The number of rotatable bonds is 16. The number of hydrogen-bond donors (Lipinski definition) is 0. The van der Waals surface area contributed by atoms with Crippen LogP contribution in [0.4, 0.5) is 10.1 Å². The topological polar surface area (TPSA) is 65.3 Å². The van der Waals surface area contributed by atoms with Gasteiger partial charge in [0, 0.05) is 61.1 Å². The van der Waals surface area contributed by atoms with Crippen LogP contribution < -0.4 is 0 Å². The van der Waals surface area contributed by atoms with Crippen LogP contribution in [0.2, 0.25) is 0 Å². The molecule has 0 bridgehead atoms. The highest BCUT2D eigenvalue weighted by Crippen LogP contribution is 2.31. The predicted molar refractivity (Wildman–Crippen MR) is 169 cm³/mol. The van der Waals surface area contributed by atoms with Gasteiger partial charge in [0.1, 0.15) is 5.82 Å². The van der Waals surface area contributed by atoms with E-state index in [-0.39, 0.29) is 5.91 Å². The molecule has 40 heavy (non-hydrogen) atoms. The zero-order chi connectivity index (χ0) is 29.5. The summed E-state index contributed by atoms with van der Waals surface area (Å²) in [6.45, 7) is 11.9. The van der Waals surface area contributed by atoms with Gasteiger partial charge >= 0.3 is 0 Å². The number of halogens is 1. The second-order valence-corrected chi connectivity index (χ2v) is 10.8. The van der Waals surface area contributed by atoms with E-state index < -0.39 is 5.82 Å². The van der Waals surface area contributed by atoms with Crippen molar-refractivity contribution >= 4 is 47.6 Å². The van der Waals surface area contributed by atoms with Gasteiger partial charge in [0.15, 0.2) is 6.29 Å². The van der Waals surface area contributed by atoms with Gasteiger partial charge in [0.25, 0.3) is 0 Å². The minimum absolute atomic E-state index is 0.0570. The van der Waals surface area contributed by atoms with Crippen LogP contribution >= 0.6 is 11.8 Å². The zero-order valence-corrected chi connectivity index (χ0v) is 25.4. The fourth-order valence-corrected chi connectivity index (χ4v) is 4.80. The zero-order valence-electron chi connectivity index (χ0n) is 24.6. The molecule has 0 aromatic heterocycles. The molecule has 1 aliphatic rings. The number of carbonyl (C=O) groups is 2. The molecule has 0 spiro atoms. The largest absolute Gasteiger partial charge is 0.339 e. The summed E-state index contributed by atoms with van der Waals surface area (Å²) in [7, 11) is 1.89. The molecule has 6 nitrogen and oxygen atoms in total. The van der Waals surface area contributed by atoms with Crippen molar-refractivity contribution in [2.75, 3.05) is 38.7 Å². The van der Waals surface area contributed by atoms with Crippen LogP contribution in [-0.2, 0) is 16.0 Å². The quantitative estimate of drug-likeness (QED) is 0.0551. The number of carbonyl (C=O) groups excluding carboxylic acids is 2. The van der Waals surface area contributed by atoms with Gasteiger partial charge in [-0.2, -0.15) is 16.9 Å². The number of benzene rings is 1. The molecule has 0 N–H and O–H groups in total. The smallest absolute Gasteiger partial charge is 0.250 e. The first-order valence-electron chi connectivity index (χ1n) is 13.9. The first kappa shape index (κ1) is 32.9. The summed E-state index contributed by atoms with van der Waals surface area (Å²) in [5.41, 5.74) is 3.94. The highest BCUT2D eigenvalue weighted by Gasteiger charge is 2.22. The summed E-state index contributed by atoms with van der Waals surface area (Å²) < 4.78 is 15.3. The number of aliphatic imine (C=N–C) groups is 1. The number of hydrogen-bond acceptors (Lipinski definition) is 6. The molecule has 0 saturated carbocycles. The highest BCUT2D eigenvalue weighted by molar-refractivity contribution is 7.98. The average Bonchev–Trinajstić information content (AvgIpc) is 3.10. The lowest BCUT2D eigenvalue weighted by molar-refractivity contribution is -0.127. The average molecular weight is 567 g/mol. The van der Waals surface area contributed by atoms with E-state index in [9.17, 15) is 9.59 Å².